The van der Waals surface area contributed by atoms with Gasteiger partial charge in [-0.05, 0) is 23.7 Å². The van der Waals surface area contributed by atoms with Gasteiger partial charge in [-0.2, -0.15) is 0 Å². The predicted octanol–water partition coefficient (Wildman–Crippen LogP) is 13.3. The first-order valence-corrected chi connectivity index (χ1v) is 26.4. The smallest absolute Gasteiger partial charge is 0.120 e. The summed E-state index contributed by atoms with van der Waals surface area (Å²) in [7, 11) is 0. The van der Waals surface area contributed by atoms with Gasteiger partial charge in [-0.1, -0.05) is 54.6 Å². The number of hydrogen-bond donors (Lipinski definition) is 0. The molecule has 9 rings (SSSR count). The van der Waals surface area contributed by atoms with Crippen LogP contribution in [0.4, 0.5) is 0 Å². The summed E-state index contributed by atoms with van der Waals surface area (Å²) in [6.07, 6.45) is 5.14. The number of benzene rings is 6. The first-order chi connectivity index (χ1) is 26.1. The van der Waals surface area contributed by atoms with Crippen LogP contribution in [-0.2, 0) is 26.5 Å². The van der Waals surface area contributed by atoms with Gasteiger partial charge in [-0.25, -0.2) is 0 Å². The van der Waals surface area contributed by atoms with Crippen molar-refractivity contribution in [3.63, 3.8) is 0 Å². The molecule has 3 nitrogen and oxygen atoms in total. The van der Waals surface area contributed by atoms with E-state index in [1.165, 1.54) is 47.8 Å². The van der Waals surface area contributed by atoms with Crippen molar-refractivity contribution in [2.45, 2.75) is 57.3 Å². The molecular formula is C50H46GeIrN2O-2. The maximum Gasteiger partial charge on any atom is 0.120 e. The Morgan fingerprint density at radius 1 is 0.636 bits per heavy atom. The molecular weight excluding hydrogens is 909 g/mol. The second kappa shape index (κ2) is 15.9. The Hall–Kier alpha value is -4.61. The predicted molar refractivity (Wildman–Crippen MR) is 232 cm³/mol. The first kappa shape index (κ1) is 38.7. The third kappa shape index (κ3) is 7.65. The van der Waals surface area contributed by atoms with Crippen molar-refractivity contribution in [3.05, 3.63) is 151 Å². The molecule has 0 N–H and O–H groups in total. The Morgan fingerprint density at radius 3 is 1.93 bits per heavy atom. The Bertz CT molecular complexity index is 2780. The molecule has 0 unspecified atom stereocenters. The van der Waals surface area contributed by atoms with Crippen LogP contribution in [0, 0.1) is 18.1 Å². The number of nitrogens with zero attached hydrogens (tertiary/aromatic N) is 2. The van der Waals surface area contributed by atoms with E-state index in [2.05, 4.69) is 159 Å². The Kier molecular flexibility index (Phi) is 11.1. The normalized spacial score (nSPS) is 11.8. The molecule has 0 aliphatic carbocycles. The zero-order valence-electron chi connectivity index (χ0n) is 32.6. The van der Waals surface area contributed by atoms with Crippen LogP contribution in [0.25, 0.3) is 76.8 Å². The van der Waals surface area contributed by atoms with Crippen LogP contribution in [0.5, 0.6) is 0 Å². The zero-order chi connectivity index (χ0) is 37.6. The van der Waals surface area contributed by atoms with E-state index in [-0.39, 0.29) is 20.1 Å². The van der Waals surface area contributed by atoms with Gasteiger partial charge in [0, 0.05) is 31.7 Å². The molecule has 55 heavy (non-hydrogen) atoms. The van der Waals surface area contributed by atoms with Gasteiger partial charge in [0.05, 0.1) is 5.58 Å². The summed E-state index contributed by atoms with van der Waals surface area (Å²) in [5, 5.41) is 9.96. The fourth-order valence-electron chi connectivity index (χ4n) is 7.74. The van der Waals surface area contributed by atoms with Crippen LogP contribution >= 0.6 is 0 Å². The molecule has 0 spiro atoms. The molecule has 1 radical (unpaired) electrons. The number of hydrogen-bond acceptors (Lipinski definition) is 3. The number of pyridine rings is 2. The van der Waals surface area contributed by atoms with Crippen molar-refractivity contribution in [2.24, 2.45) is 5.92 Å². The second-order valence-electron chi connectivity index (χ2n) is 16.2. The van der Waals surface area contributed by atoms with Crippen molar-refractivity contribution in [1.29, 1.82) is 0 Å². The van der Waals surface area contributed by atoms with E-state index in [9.17, 15) is 0 Å². The SMILES string of the molecule is CC(C)Cc1cc(-c2[c-]cc3c4ccccc4c4ccccc4c3c2)nc[c]1[Ge]([CH3])([CH3])[CH3].CC(C)c1ccnc(-c2[c-]ccc3c2oc2ccccc23)c1.[Ir]. The molecule has 9 aromatic rings. The summed E-state index contributed by atoms with van der Waals surface area (Å²) in [6.45, 7) is 8.98. The third-order valence-corrected chi connectivity index (χ3v) is 14.8. The van der Waals surface area contributed by atoms with Gasteiger partial charge >= 0.3 is 194 Å². The minimum Gasteiger partial charge on any atom is -0.501 e. The molecule has 3 heterocycles. The summed E-state index contributed by atoms with van der Waals surface area (Å²) in [6, 6.07) is 47.4. The molecule has 277 valence electrons. The topological polar surface area (TPSA) is 38.9 Å². The number of rotatable bonds is 6. The van der Waals surface area contributed by atoms with Crippen molar-refractivity contribution >= 4 is 71.9 Å². The first-order valence-electron chi connectivity index (χ1n) is 19.1. The number of fused-ring (bicyclic) bond motifs is 9. The van der Waals surface area contributed by atoms with Crippen molar-refractivity contribution < 1.29 is 24.5 Å². The fraction of sp³-hybridized carbons (Fsp3) is 0.200. The standard InChI is InChI=1S/C30H30GeN.C20H16NO.Ir/c1-20(2)16-22-18-30(32-19-29(22)31(3,4)5)21-14-15-27-25-12-7-6-10-23(25)24-11-8-9-13-26(24)28(27)17-21;1-13(2)14-10-11-21-18(12-14)17-8-5-7-16-15-6-3-4-9-19(15)22-20(16)17;/h6-13,15,17-20H,16H2,1-5H3;3-7,9-13H,1-2H3;/q2*-1;. The average molecular weight is 956 g/mol. The van der Waals surface area contributed by atoms with Gasteiger partial charge in [-0.3, -0.25) is 0 Å². The van der Waals surface area contributed by atoms with E-state index in [4.69, 9.17) is 9.40 Å². The minimum absolute atomic E-state index is 0. The number of para-hydroxylation sites is 1. The summed E-state index contributed by atoms with van der Waals surface area (Å²) >= 11 is -1.99. The molecule has 0 saturated carbocycles. The van der Waals surface area contributed by atoms with Gasteiger partial charge in [0.1, 0.15) is 5.58 Å². The van der Waals surface area contributed by atoms with Crippen LogP contribution in [0.3, 0.4) is 0 Å². The summed E-state index contributed by atoms with van der Waals surface area (Å²) in [5.41, 5.74) is 8.47. The molecule has 0 fully saturated rings. The summed E-state index contributed by atoms with van der Waals surface area (Å²) in [4.78, 5) is 9.47. The van der Waals surface area contributed by atoms with Gasteiger partial charge < -0.3 is 9.40 Å². The minimum atomic E-state index is -1.99. The molecule has 0 atom stereocenters. The number of furan rings is 1. The number of aromatic nitrogens is 2. The van der Waals surface area contributed by atoms with Crippen molar-refractivity contribution in [3.8, 4) is 22.5 Å². The van der Waals surface area contributed by atoms with Crippen LogP contribution in [0.1, 0.15) is 44.7 Å². The molecule has 0 amide bonds. The molecule has 0 bridgehead atoms. The Balaban J connectivity index is 0.000000177. The van der Waals surface area contributed by atoms with Crippen LogP contribution in [-0.4, -0.2) is 23.2 Å². The molecule has 3 aromatic heterocycles. The van der Waals surface area contributed by atoms with Crippen molar-refractivity contribution in [2.75, 3.05) is 0 Å². The van der Waals surface area contributed by atoms with Crippen LogP contribution in [0.15, 0.2) is 132 Å². The molecule has 0 saturated heterocycles. The largest absolute Gasteiger partial charge is 0.501 e. The van der Waals surface area contributed by atoms with Gasteiger partial charge in [-0.15, -0.1) is 18.2 Å². The van der Waals surface area contributed by atoms with E-state index in [0.717, 1.165) is 50.9 Å². The van der Waals surface area contributed by atoms with E-state index in [1.807, 2.05) is 30.5 Å². The van der Waals surface area contributed by atoms with Crippen molar-refractivity contribution in [1.82, 2.24) is 9.97 Å². The fourth-order valence-corrected chi connectivity index (χ4v) is 11.1. The van der Waals surface area contributed by atoms with E-state index in [1.54, 1.807) is 0 Å². The van der Waals surface area contributed by atoms with Crippen LogP contribution < -0.4 is 4.40 Å². The van der Waals surface area contributed by atoms with Crippen LogP contribution in [0.2, 0.25) is 17.3 Å². The Labute approximate surface area is 340 Å². The summed E-state index contributed by atoms with van der Waals surface area (Å²) in [5.74, 6) is 8.47. The third-order valence-electron chi connectivity index (χ3n) is 10.4. The summed E-state index contributed by atoms with van der Waals surface area (Å²) < 4.78 is 7.59. The monoisotopic (exact) mass is 957 g/mol. The second-order valence-corrected chi connectivity index (χ2v) is 26.7. The molecule has 5 heteroatoms. The van der Waals surface area contributed by atoms with E-state index in [0.29, 0.717) is 11.8 Å². The zero-order valence-corrected chi connectivity index (χ0v) is 37.1. The molecule has 0 aliphatic rings. The maximum atomic E-state index is 6.07. The van der Waals surface area contributed by atoms with Gasteiger partial charge in [0.2, 0.25) is 0 Å². The Morgan fingerprint density at radius 2 is 1.27 bits per heavy atom. The average Bonchev–Trinajstić information content (AvgIpc) is 3.56. The van der Waals surface area contributed by atoms with Gasteiger partial charge in [0.25, 0.3) is 0 Å². The quantitative estimate of drug-likeness (QED) is 0.0947. The molecule has 0 aliphatic heterocycles. The van der Waals surface area contributed by atoms with E-state index >= 15 is 0 Å². The van der Waals surface area contributed by atoms with E-state index < -0.39 is 13.3 Å². The maximum absolute atomic E-state index is 6.07. The molecule has 6 aromatic carbocycles. The van der Waals surface area contributed by atoms with Gasteiger partial charge in [0.15, 0.2) is 0 Å².